The highest BCUT2D eigenvalue weighted by Crippen LogP contribution is 1.97. The summed E-state index contributed by atoms with van der Waals surface area (Å²) in [6, 6.07) is 0.749. The topological polar surface area (TPSA) is 44.8 Å². The molecule has 12 heavy (non-hydrogen) atoms. The Morgan fingerprint density at radius 3 is 2.33 bits per heavy atom. The zero-order valence-corrected chi connectivity index (χ0v) is 8.62. The summed E-state index contributed by atoms with van der Waals surface area (Å²) >= 11 is 0. The number of rotatable bonds is 6. The summed E-state index contributed by atoms with van der Waals surface area (Å²) in [6.45, 7) is 0. The fraction of sp³-hybridized carbons (Fsp3) is 0.857. The molecule has 0 aliphatic rings. The smallest absolute Gasteiger partial charge is 0.305 e. The van der Waals surface area contributed by atoms with Crippen molar-refractivity contribution in [3.63, 3.8) is 0 Å². The van der Waals surface area contributed by atoms with Gasteiger partial charge in [0.1, 0.15) is 15.4 Å². The van der Waals surface area contributed by atoms with Crippen molar-refractivity contribution in [2.24, 2.45) is 0 Å². The van der Waals surface area contributed by atoms with E-state index in [0.29, 0.717) is 15.9 Å². The van der Waals surface area contributed by atoms with Crippen molar-refractivity contribution in [1.82, 2.24) is 0 Å². The number of ether oxygens (including phenoxy) is 3. The molecule has 70 valence electrons. The van der Waals surface area contributed by atoms with E-state index >= 15 is 0 Å². The molecule has 0 heterocycles. The van der Waals surface area contributed by atoms with Crippen LogP contribution in [0.4, 0.5) is 0 Å². The number of methoxy groups -OCH3 is 3. The van der Waals surface area contributed by atoms with Crippen molar-refractivity contribution >= 4 is 15.5 Å². The molecule has 0 amide bonds. The maximum absolute atomic E-state index is 10.7. The standard InChI is InChI=1S/C7H14O4Si/c1-9-6(8)4-5-12-7(10-2)11-3/h7H,4-5H2,1-3H3. The monoisotopic (exact) mass is 190 g/mol. The maximum atomic E-state index is 10.7. The van der Waals surface area contributed by atoms with Gasteiger partial charge in [-0.15, -0.1) is 0 Å². The van der Waals surface area contributed by atoms with Crippen LogP contribution in [0.2, 0.25) is 6.04 Å². The first-order valence-corrected chi connectivity index (χ1v) is 4.88. The van der Waals surface area contributed by atoms with Crippen LogP contribution in [0.15, 0.2) is 0 Å². The van der Waals surface area contributed by atoms with Crippen molar-refractivity contribution in [3.8, 4) is 0 Å². The van der Waals surface area contributed by atoms with E-state index in [1.165, 1.54) is 7.11 Å². The van der Waals surface area contributed by atoms with E-state index in [4.69, 9.17) is 9.47 Å². The number of hydrogen-bond acceptors (Lipinski definition) is 4. The molecule has 0 aromatic carbocycles. The van der Waals surface area contributed by atoms with Crippen LogP contribution in [-0.4, -0.2) is 42.7 Å². The van der Waals surface area contributed by atoms with Crippen LogP contribution in [-0.2, 0) is 19.0 Å². The van der Waals surface area contributed by atoms with Gasteiger partial charge in [-0.25, -0.2) is 0 Å². The fourth-order valence-corrected chi connectivity index (χ4v) is 1.57. The summed E-state index contributed by atoms with van der Waals surface area (Å²) in [7, 11) is 5.02. The zero-order valence-electron chi connectivity index (χ0n) is 7.62. The molecule has 4 nitrogen and oxygen atoms in total. The lowest BCUT2D eigenvalue weighted by atomic mass is 10.5. The van der Waals surface area contributed by atoms with Gasteiger partial charge in [0.05, 0.1) is 7.11 Å². The minimum Gasteiger partial charge on any atom is -0.469 e. The van der Waals surface area contributed by atoms with Crippen LogP contribution in [0.25, 0.3) is 0 Å². The SMILES string of the molecule is COC(=O)CC[Si]C(OC)OC. The Balaban J connectivity index is 3.34. The average molecular weight is 190 g/mol. The molecule has 0 spiro atoms. The Morgan fingerprint density at radius 1 is 1.33 bits per heavy atom. The van der Waals surface area contributed by atoms with Crippen LogP contribution < -0.4 is 0 Å². The van der Waals surface area contributed by atoms with Gasteiger partial charge in [0.25, 0.3) is 0 Å². The highest BCUT2D eigenvalue weighted by Gasteiger charge is 2.08. The summed E-state index contributed by atoms with van der Waals surface area (Å²) in [6.07, 6.45) is 0.429. The summed E-state index contributed by atoms with van der Waals surface area (Å²) in [5.74, 6) is -0.372. The Morgan fingerprint density at radius 2 is 1.92 bits per heavy atom. The minimum atomic E-state index is -0.187. The van der Waals surface area contributed by atoms with Gasteiger partial charge in [-0.2, -0.15) is 0 Å². The van der Waals surface area contributed by atoms with Crippen molar-refractivity contribution in [1.29, 1.82) is 0 Å². The molecule has 0 aliphatic heterocycles. The molecule has 0 bridgehead atoms. The van der Waals surface area contributed by atoms with Gasteiger partial charge in [0, 0.05) is 20.6 Å². The number of esters is 1. The molecule has 0 saturated carbocycles. The summed E-state index contributed by atoms with van der Waals surface area (Å²) in [4.78, 5) is 10.7. The molecule has 0 unspecified atom stereocenters. The molecular formula is C7H14O4Si. The third-order valence-electron chi connectivity index (χ3n) is 1.30. The quantitative estimate of drug-likeness (QED) is 0.342. The summed E-state index contributed by atoms with van der Waals surface area (Å²) in [5.41, 5.74) is 0. The van der Waals surface area contributed by atoms with Crippen molar-refractivity contribution in [2.45, 2.75) is 18.4 Å². The first kappa shape index (κ1) is 11.6. The fourth-order valence-electron chi connectivity index (χ4n) is 0.657. The average Bonchev–Trinajstić information content (AvgIpc) is 2.12. The zero-order chi connectivity index (χ0) is 9.40. The lowest BCUT2D eigenvalue weighted by molar-refractivity contribution is -0.140. The van der Waals surface area contributed by atoms with Crippen molar-refractivity contribution in [2.75, 3.05) is 21.3 Å². The molecule has 0 rings (SSSR count). The molecule has 5 heteroatoms. The van der Waals surface area contributed by atoms with E-state index in [9.17, 15) is 4.79 Å². The molecule has 0 aromatic rings. The van der Waals surface area contributed by atoms with Crippen LogP contribution in [0, 0.1) is 0 Å². The Labute approximate surface area is 75.0 Å². The van der Waals surface area contributed by atoms with E-state index in [1.54, 1.807) is 14.2 Å². The van der Waals surface area contributed by atoms with Crippen LogP contribution in [0.3, 0.4) is 0 Å². The predicted molar refractivity (Wildman–Crippen MR) is 45.0 cm³/mol. The van der Waals surface area contributed by atoms with E-state index in [-0.39, 0.29) is 11.9 Å². The molecular weight excluding hydrogens is 176 g/mol. The first-order valence-electron chi connectivity index (χ1n) is 3.60. The molecule has 0 N–H and O–H groups in total. The molecule has 0 aromatic heterocycles. The molecule has 2 radical (unpaired) electrons. The summed E-state index contributed by atoms with van der Waals surface area (Å²) < 4.78 is 14.4. The van der Waals surface area contributed by atoms with Gasteiger partial charge in [-0.3, -0.25) is 4.79 Å². The lowest BCUT2D eigenvalue weighted by Gasteiger charge is -2.10. The highest BCUT2D eigenvalue weighted by molar-refractivity contribution is 6.36. The van der Waals surface area contributed by atoms with Crippen molar-refractivity contribution < 1.29 is 19.0 Å². The van der Waals surface area contributed by atoms with Gasteiger partial charge >= 0.3 is 5.97 Å². The number of carbonyl (C=O) groups is 1. The predicted octanol–water partition coefficient (Wildman–Crippen LogP) is 0.248. The third kappa shape index (κ3) is 5.28. The van der Waals surface area contributed by atoms with Gasteiger partial charge in [0.2, 0.25) is 0 Å². The third-order valence-corrected chi connectivity index (χ3v) is 2.64. The Hall–Kier alpha value is -0.393. The van der Waals surface area contributed by atoms with Crippen LogP contribution in [0.1, 0.15) is 6.42 Å². The minimum absolute atomic E-state index is 0.186. The maximum Gasteiger partial charge on any atom is 0.305 e. The molecule has 0 aliphatic carbocycles. The second-order valence-corrected chi connectivity index (χ2v) is 3.46. The molecule has 0 atom stereocenters. The van der Waals surface area contributed by atoms with E-state index in [2.05, 4.69) is 4.74 Å². The second kappa shape index (κ2) is 7.27. The van der Waals surface area contributed by atoms with Crippen molar-refractivity contribution in [3.05, 3.63) is 0 Å². The number of carbonyl (C=O) groups excluding carboxylic acids is 1. The molecule has 0 fully saturated rings. The summed E-state index contributed by atoms with van der Waals surface area (Å²) in [5, 5.41) is 0. The van der Waals surface area contributed by atoms with Gasteiger partial charge in [0.15, 0.2) is 0 Å². The van der Waals surface area contributed by atoms with E-state index < -0.39 is 0 Å². The Kier molecular flexibility index (Phi) is 7.03. The van der Waals surface area contributed by atoms with Gasteiger partial charge in [-0.05, 0) is 6.04 Å². The second-order valence-electron chi connectivity index (χ2n) is 2.08. The number of hydrogen-bond donors (Lipinski definition) is 0. The van der Waals surface area contributed by atoms with Gasteiger partial charge in [-0.1, -0.05) is 0 Å². The van der Waals surface area contributed by atoms with Crippen LogP contribution >= 0.6 is 0 Å². The van der Waals surface area contributed by atoms with E-state index in [0.717, 1.165) is 6.04 Å². The van der Waals surface area contributed by atoms with Crippen LogP contribution in [0.5, 0.6) is 0 Å². The first-order chi connectivity index (χ1) is 5.74. The highest BCUT2D eigenvalue weighted by atomic mass is 28.2. The molecule has 0 saturated heterocycles. The Bertz CT molecular complexity index is 125. The van der Waals surface area contributed by atoms with E-state index in [1.807, 2.05) is 0 Å². The van der Waals surface area contributed by atoms with Gasteiger partial charge < -0.3 is 14.2 Å². The largest absolute Gasteiger partial charge is 0.469 e. The normalized spacial score (nSPS) is 10.3. The lowest BCUT2D eigenvalue weighted by Crippen LogP contribution is -2.21.